The van der Waals surface area contributed by atoms with E-state index >= 15 is 0 Å². The van der Waals surface area contributed by atoms with E-state index in [4.69, 9.17) is 5.11 Å². The summed E-state index contributed by atoms with van der Waals surface area (Å²) in [6.45, 7) is 4.17. The van der Waals surface area contributed by atoms with Crippen molar-refractivity contribution in [3.05, 3.63) is 16.1 Å². The van der Waals surface area contributed by atoms with E-state index in [1.54, 1.807) is 0 Å². The Morgan fingerprint density at radius 1 is 1.60 bits per heavy atom. The van der Waals surface area contributed by atoms with Gasteiger partial charge in [0, 0.05) is 13.5 Å². The van der Waals surface area contributed by atoms with Gasteiger partial charge in [0.2, 0.25) is 0 Å². The molecule has 0 aliphatic carbocycles. The van der Waals surface area contributed by atoms with E-state index in [0.717, 1.165) is 16.1 Å². The minimum Gasteiger partial charge on any atom is -0.481 e. The van der Waals surface area contributed by atoms with Gasteiger partial charge >= 0.3 is 5.97 Å². The second-order valence-electron chi connectivity index (χ2n) is 3.81. The lowest BCUT2D eigenvalue weighted by Crippen LogP contribution is -2.06. The highest BCUT2D eigenvalue weighted by Crippen LogP contribution is 2.25. The minimum absolute atomic E-state index is 0.120. The van der Waals surface area contributed by atoms with Crippen molar-refractivity contribution in [1.82, 2.24) is 9.55 Å². The van der Waals surface area contributed by atoms with Gasteiger partial charge in [-0.15, -0.1) is 0 Å². The average molecular weight is 275 g/mol. The molecule has 84 valence electrons. The van der Waals surface area contributed by atoms with Crippen molar-refractivity contribution in [3.8, 4) is 0 Å². The van der Waals surface area contributed by atoms with Crippen LogP contribution in [0.1, 0.15) is 37.7 Å². The lowest BCUT2D eigenvalue weighted by atomic mass is 10.1. The molecule has 1 aromatic heterocycles. The summed E-state index contributed by atoms with van der Waals surface area (Å²) in [7, 11) is 1.92. The predicted molar refractivity (Wildman–Crippen MR) is 61.0 cm³/mol. The van der Waals surface area contributed by atoms with Crippen LogP contribution in [0.3, 0.4) is 0 Å². The van der Waals surface area contributed by atoms with E-state index in [2.05, 4.69) is 34.8 Å². The van der Waals surface area contributed by atoms with Crippen LogP contribution in [0.4, 0.5) is 0 Å². The van der Waals surface area contributed by atoms with Crippen LogP contribution in [-0.2, 0) is 18.3 Å². The molecule has 0 unspecified atom stereocenters. The maximum Gasteiger partial charge on any atom is 0.303 e. The third-order valence-corrected chi connectivity index (χ3v) is 2.88. The molecule has 1 heterocycles. The first-order chi connectivity index (χ1) is 6.93. The Labute approximate surface area is 97.4 Å². The summed E-state index contributed by atoms with van der Waals surface area (Å²) in [5, 5.41) is 8.60. The monoisotopic (exact) mass is 274 g/mol. The number of aliphatic carboxylic acids is 1. The number of carbonyl (C=O) groups is 1. The number of aryl methyl sites for hydroxylation is 1. The number of hydrogen-bond acceptors (Lipinski definition) is 2. The van der Waals surface area contributed by atoms with E-state index in [9.17, 15) is 4.79 Å². The molecule has 4 nitrogen and oxygen atoms in total. The SMILES string of the molecule is CC(C)c1c(Br)nc(CCC(=O)O)n1C. The van der Waals surface area contributed by atoms with Crippen LogP contribution in [0, 0.1) is 0 Å². The van der Waals surface area contributed by atoms with Crippen LogP contribution in [0.15, 0.2) is 4.60 Å². The molecule has 0 amide bonds. The Morgan fingerprint density at radius 3 is 2.60 bits per heavy atom. The van der Waals surface area contributed by atoms with Gasteiger partial charge < -0.3 is 9.67 Å². The van der Waals surface area contributed by atoms with Crippen molar-refractivity contribution < 1.29 is 9.90 Å². The van der Waals surface area contributed by atoms with E-state index in [1.165, 1.54) is 0 Å². The van der Waals surface area contributed by atoms with Gasteiger partial charge in [0.25, 0.3) is 0 Å². The number of carboxylic acids is 1. The second-order valence-corrected chi connectivity index (χ2v) is 4.56. The van der Waals surface area contributed by atoms with Crippen molar-refractivity contribution in [2.24, 2.45) is 7.05 Å². The third-order valence-electron chi connectivity index (χ3n) is 2.30. The van der Waals surface area contributed by atoms with Crippen molar-refractivity contribution in [1.29, 1.82) is 0 Å². The van der Waals surface area contributed by atoms with Crippen LogP contribution in [0.2, 0.25) is 0 Å². The maximum atomic E-state index is 10.5. The Morgan fingerprint density at radius 2 is 2.20 bits per heavy atom. The predicted octanol–water partition coefficient (Wildman–Crippen LogP) is 2.32. The maximum absolute atomic E-state index is 10.5. The Hall–Kier alpha value is -0.840. The summed E-state index contributed by atoms with van der Waals surface area (Å²) < 4.78 is 2.79. The molecule has 0 saturated heterocycles. The molecule has 0 fully saturated rings. The molecule has 0 spiro atoms. The fourth-order valence-corrected chi connectivity index (χ4v) is 2.52. The Balaban J connectivity index is 2.91. The van der Waals surface area contributed by atoms with Crippen molar-refractivity contribution in [2.45, 2.75) is 32.6 Å². The zero-order valence-electron chi connectivity index (χ0n) is 9.12. The van der Waals surface area contributed by atoms with Crippen LogP contribution < -0.4 is 0 Å². The van der Waals surface area contributed by atoms with Gasteiger partial charge in [-0.05, 0) is 21.8 Å². The normalized spacial score (nSPS) is 11.0. The van der Waals surface area contributed by atoms with Crippen LogP contribution in [-0.4, -0.2) is 20.6 Å². The van der Waals surface area contributed by atoms with Crippen molar-refractivity contribution in [2.75, 3.05) is 0 Å². The van der Waals surface area contributed by atoms with E-state index < -0.39 is 5.97 Å². The minimum atomic E-state index is -0.791. The molecule has 5 heteroatoms. The first-order valence-electron chi connectivity index (χ1n) is 4.86. The Bertz CT molecular complexity index is 372. The number of rotatable bonds is 4. The standard InChI is InChI=1S/C10H15BrN2O2/c1-6(2)9-10(11)12-7(13(9)3)4-5-8(14)15/h6H,4-5H2,1-3H3,(H,14,15). The largest absolute Gasteiger partial charge is 0.481 e. The molecule has 0 saturated carbocycles. The molecule has 0 atom stereocenters. The first-order valence-corrected chi connectivity index (χ1v) is 5.65. The number of aromatic nitrogens is 2. The summed E-state index contributed by atoms with van der Waals surface area (Å²) in [5.74, 6) is 0.392. The fourth-order valence-electron chi connectivity index (χ4n) is 1.59. The molecule has 15 heavy (non-hydrogen) atoms. The number of hydrogen-bond donors (Lipinski definition) is 1. The number of nitrogens with zero attached hydrogens (tertiary/aromatic N) is 2. The lowest BCUT2D eigenvalue weighted by Gasteiger charge is -2.08. The van der Waals surface area contributed by atoms with Gasteiger partial charge in [-0.1, -0.05) is 13.8 Å². The van der Waals surface area contributed by atoms with Crippen LogP contribution in [0.5, 0.6) is 0 Å². The second kappa shape index (κ2) is 4.79. The molecular weight excluding hydrogens is 260 g/mol. The smallest absolute Gasteiger partial charge is 0.303 e. The molecule has 0 radical (unpaired) electrons. The zero-order valence-corrected chi connectivity index (χ0v) is 10.7. The summed E-state index contributed by atoms with van der Waals surface area (Å²) in [6.07, 6.45) is 0.589. The van der Waals surface area contributed by atoms with E-state index in [-0.39, 0.29) is 6.42 Å². The van der Waals surface area contributed by atoms with Gasteiger partial charge in [0.1, 0.15) is 10.4 Å². The van der Waals surface area contributed by atoms with Gasteiger partial charge in [-0.25, -0.2) is 4.98 Å². The third kappa shape index (κ3) is 2.81. The van der Waals surface area contributed by atoms with Gasteiger partial charge in [0.15, 0.2) is 0 Å². The Kier molecular flexibility index (Phi) is 3.90. The molecule has 0 bridgehead atoms. The van der Waals surface area contributed by atoms with E-state index in [1.807, 2.05) is 11.6 Å². The molecular formula is C10H15BrN2O2. The van der Waals surface area contributed by atoms with Gasteiger partial charge in [0.05, 0.1) is 12.1 Å². The molecule has 0 aromatic carbocycles. The first kappa shape index (κ1) is 12.2. The van der Waals surface area contributed by atoms with Crippen LogP contribution >= 0.6 is 15.9 Å². The molecule has 1 aromatic rings. The van der Waals surface area contributed by atoms with Gasteiger partial charge in [-0.2, -0.15) is 0 Å². The molecule has 1 rings (SSSR count). The lowest BCUT2D eigenvalue weighted by molar-refractivity contribution is -0.137. The summed E-state index contributed by atoms with van der Waals surface area (Å²) in [6, 6.07) is 0. The van der Waals surface area contributed by atoms with Crippen molar-refractivity contribution >= 4 is 21.9 Å². The summed E-state index contributed by atoms with van der Waals surface area (Å²) in [5.41, 5.74) is 1.11. The molecule has 0 aliphatic heterocycles. The number of imidazole rings is 1. The van der Waals surface area contributed by atoms with Gasteiger partial charge in [-0.3, -0.25) is 4.79 Å². The van der Waals surface area contributed by atoms with E-state index in [0.29, 0.717) is 12.3 Å². The number of carboxylic acid groups (broad SMARTS) is 1. The highest BCUT2D eigenvalue weighted by Gasteiger charge is 2.15. The highest BCUT2D eigenvalue weighted by atomic mass is 79.9. The quantitative estimate of drug-likeness (QED) is 0.917. The average Bonchev–Trinajstić information content (AvgIpc) is 2.37. The highest BCUT2D eigenvalue weighted by molar-refractivity contribution is 9.10. The molecule has 1 N–H and O–H groups in total. The number of halogens is 1. The molecule has 0 aliphatic rings. The summed E-state index contributed by atoms with van der Waals surface area (Å²) in [4.78, 5) is 14.8. The summed E-state index contributed by atoms with van der Waals surface area (Å²) >= 11 is 3.40. The van der Waals surface area contributed by atoms with Crippen LogP contribution in [0.25, 0.3) is 0 Å². The fraction of sp³-hybridized carbons (Fsp3) is 0.600. The zero-order chi connectivity index (χ0) is 11.6. The topological polar surface area (TPSA) is 55.1 Å². The van der Waals surface area contributed by atoms with Crippen molar-refractivity contribution in [3.63, 3.8) is 0 Å².